The number of anilines is 4. The Kier molecular flexibility index (Phi) is 8.15. The molecule has 1 fully saturated rings. The van der Waals surface area contributed by atoms with Crippen LogP contribution in [0, 0.1) is 6.92 Å². The summed E-state index contributed by atoms with van der Waals surface area (Å²) in [6, 6.07) is 7.61. The molecule has 14 heteroatoms. The van der Waals surface area contributed by atoms with Crippen molar-refractivity contribution in [3.8, 4) is 11.4 Å². The predicted octanol–water partition coefficient (Wildman–Crippen LogP) is 5.08. The molecule has 3 aromatic heterocycles. The largest absolute Gasteiger partial charge is 0.495 e. The lowest BCUT2D eigenvalue weighted by Gasteiger charge is -2.27. The Bertz CT molecular complexity index is 1850. The molecule has 0 bridgehead atoms. The SMILES string of the molecule is COc1cc(C2CNCCO2)c(-n2cc(C)cn2)cc1Nc1ncc(Br)c(Nc2ccc3nccnc3c2P(C)(C)=O)n1. The number of aryl methyl sites for hydroxylation is 1. The maximum atomic E-state index is 13.4. The number of rotatable bonds is 8. The molecule has 1 saturated heterocycles. The number of morpholine rings is 1. The topological polar surface area (TPSA) is 141 Å². The minimum atomic E-state index is -2.76. The average Bonchev–Trinajstić information content (AvgIpc) is 3.44. The molecule has 4 heterocycles. The summed E-state index contributed by atoms with van der Waals surface area (Å²) in [7, 11) is -1.14. The molecule has 0 aliphatic carbocycles. The van der Waals surface area contributed by atoms with Crippen LogP contribution in [-0.2, 0) is 9.30 Å². The number of methoxy groups -OCH3 is 1. The van der Waals surface area contributed by atoms with Gasteiger partial charge in [-0.15, -0.1) is 0 Å². The van der Waals surface area contributed by atoms with E-state index in [2.05, 4.69) is 51.9 Å². The monoisotopic (exact) mass is 663 g/mol. The van der Waals surface area contributed by atoms with Gasteiger partial charge in [0.2, 0.25) is 5.95 Å². The highest BCUT2D eigenvalue weighted by Crippen LogP contribution is 2.41. The summed E-state index contributed by atoms with van der Waals surface area (Å²) in [5, 5.41) is 15.2. The number of ether oxygens (including phenoxy) is 2. The van der Waals surface area contributed by atoms with E-state index in [0.717, 1.165) is 23.4 Å². The summed E-state index contributed by atoms with van der Waals surface area (Å²) < 4.78 is 27.7. The number of fused-ring (bicyclic) bond motifs is 1. The van der Waals surface area contributed by atoms with E-state index in [-0.39, 0.29) is 6.10 Å². The van der Waals surface area contributed by atoms with E-state index in [0.29, 0.717) is 62.9 Å². The molecule has 2 aromatic carbocycles. The molecule has 0 spiro atoms. The Morgan fingerprint density at radius 3 is 2.67 bits per heavy atom. The van der Waals surface area contributed by atoms with Crippen molar-refractivity contribution < 1.29 is 14.0 Å². The van der Waals surface area contributed by atoms with Crippen LogP contribution in [0.1, 0.15) is 17.2 Å². The Balaban J connectivity index is 1.38. The number of benzene rings is 2. The normalized spacial score (nSPS) is 15.4. The van der Waals surface area contributed by atoms with Gasteiger partial charge in [0, 0.05) is 43.4 Å². The second-order valence-electron chi connectivity index (χ2n) is 10.5. The Hall–Kier alpha value is -3.90. The number of hydrogen-bond donors (Lipinski definition) is 3. The van der Waals surface area contributed by atoms with Gasteiger partial charge in [-0.05, 0) is 66.0 Å². The number of nitrogens with zero attached hydrogens (tertiary/aromatic N) is 6. The van der Waals surface area contributed by atoms with Crippen LogP contribution in [0.3, 0.4) is 0 Å². The molecule has 12 nitrogen and oxygen atoms in total. The molecule has 6 rings (SSSR count). The first-order valence-corrected chi connectivity index (χ1v) is 17.0. The Labute approximate surface area is 257 Å². The van der Waals surface area contributed by atoms with Crippen LogP contribution in [0.25, 0.3) is 16.7 Å². The first kappa shape index (κ1) is 29.2. The molecule has 5 aromatic rings. The third-order valence-corrected chi connectivity index (χ3v) is 9.09. The van der Waals surface area contributed by atoms with Crippen molar-refractivity contribution in [1.82, 2.24) is 35.0 Å². The molecule has 1 atom stereocenters. The van der Waals surface area contributed by atoms with E-state index in [1.807, 2.05) is 48.3 Å². The van der Waals surface area contributed by atoms with Gasteiger partial charge >= 0.3 is 0 Å². The minimum absolute atomic E-state index is 0.162. The molecular formula is C29H31BrN9O3P. The van der Waals surface area contributed by atoms with Crippen molar-refractivity contribution in [3.63, 3.8) is 0 Å². The first-order chi connectivity index (χ1) is 20.7. The quantitative estimate of drug-likeness (QED) is 0.191. The molecule has 1 aliphatic rings. The predicted molar refractivity (Wildman–Crippen MR) is 171 cm³/mol. The van der Waals surface area contributed by atoms with Gasteiger partial charge in [0.05, 0.1) is 58.4 Å². The molecule has 0 amide bonds. The Morgan fingerprint density at radius 1 is 1.12 bits per heavy atom. The number of hydrogen-bond acceptors (Lipinski definition) is 11. The van der Waals surface area contributed by atoms with Crippen molar-refractivity contribution in [2.24, 2.45) is 0 Å². The fourth-order valence-electron chi connectivity index (χ4n) is 5.05. The van der Waals surface area contributed by atoms with Crippen LogP contribution < -0.4 is 26.0 Å². The van der Waals surface area contributed by atoms with Crippen molar-refractivity contribution in [1.29, 1.82) is 0 Å². The lowest BCUT2D eigenvalue weighted by Crippen LogP contribution is -2.33. The molecule has 0 radical (unpaired) electrons. The highest BCUT2D eigenvalue weighted by Gasteiger charge is 2.25. The van der Waals surface area contributed by atoms with Gasteiger partial charge in [-0.1, -0.05) is 0 Å². The number of aromatic nitrogens is 6. The second kappa shape index (κ2) is 12.0. The molecule has 43 heavy (non-hydrogen) atoms. The van der Waals surface area contributed by atoms with Crippen molar-refractivity contribution >= 4 is 62.6 Å². The van der Waals surface area contributed by atoms with E-state index >= 15 is 0 Å². The van der Waals surface area contributed by atoms with Gasteiger partial charge in [-0.25, -0.2) is 9.67 Å². The van der Waals surface area contributed by atoms with Gasteiger partial charge in [-0.3, -0.25) is 9.97 Å². The smallest absolute Gasteiger partial charge is 0.229 e. The van der Waals surface area contributed by atoms with Gasteiger partial charge in [0.1, 0.15) is 24.2 Å². The fraction of sp³-hybridized carbons (Fsp3) is 0.276. The lowest BCUT2D eigenvalue weighted by atomic mass is 10.0. The van der Waals surface area contributed by atoms with Crippen LogP contribution in [0.2, 0.25) is 0 Å². The third-order valence-electron chi connectivity index (χ3n) is 6.98. The van der Waals surface area contributed by atoms with Crippen molar-refractivity contribution in [2.75, 3.05) is 50.8 Å². The molecule has 3 N–H and O–H groups in total. The Morgan fingerprint density at radius 2 is 1.95 bits per heavy atom. The van der Waals surface area contributed by atoms with Gasteiger partial charge < -0.3 is 30.0 Å². The molecule has 0 saturated carbocycles. The average molecular weight is 665 g/mol. The molecular weight excluding hydrogens is 633 g/mol. The van der Waals surface area contributed by atoms with E-state index in [9.17, 15) is 4.57 Å². The van der Waals surface area contributed by atoms with E-state index in [1.165, 1.54) is 0 Å². The molecule has 1 unspecified atom stereocenters. The second-order valence-corrected chi connectivity index (χ2v) is 14.5. The third kappa shape index (κ3) is 6.12. The number of nitrogens with one attached hydrogen (secondary N) is 3. The van der Waals surface area contributed by atoms with Crippen LogP contribution in [0.15, 0.2) is 59.7 Å². The van der Waals surface area contributed by atoms with Crippen molar-refractivity contribution in [2.45, 2.75) is 13.0 Å². The summed E-state index contributed by atoms with van der Waals surface area (Å²) in [5.41, 5.74) is 5.38. The zero-order chi connectivity index (χ0) is 30.1. The van der Waals surface area contributed by atoms with Gasteiger partial charge in [0.25, 0.3) is 0 Å². The summed E-state index contributed by atoms with van der Waals surface area (Å²) in [5.74, 6) is 1.41. The minimum Gasteiger partial charge on any atom is -0.495 e. The zero-order valence-electron chi connectivity index (χ0n) is 24.1. The summed E-state index contributed by atoms with van der Waals surface area (Å²) in [6.45, 7) is 7.53. The van der Waals surface area contributed by atoms with E-state index < -0.39 is 7.14 Å². The molecule has 222 valence electrons. The van der Waals surface area contributed by atoms with E-state index in [1.54, 1.807) is 39.0 Å². The van der Waals surface area contributed by atoms with Crippen LogP contribution in [-0.4, -0.2) is 69.9 Å². The first-order valence-electron chi connectivity index (χ1n) is 13.6. The highest BCUT2D eigenvalue weighted by molar-refractivity contribution is 9.10. The molecule has 1 aliphatic heterocycles. The van der Waals surface area contributed by atoms with E-state index in [4.69, 9.17) is 14.5 Å². The maximum Gasteiger partial charge on any atom is 0.229 e. The maximum absolute atomic E-state index is 13.4. The summed E-state index contributed by atoms with van der Waals surface area (Å²) in [6.07, 6.45) is 8.49. The highest BCUT2D eigenvalue weighted by atomic mass is 79.9. The van der Waals surface area contributed by atoms with Gasteiger partial charge in [-0.2, -0.15) is 10.1 Å². The van der Waals surface area contributed by atoms with Gasteiger partial charge in [0.15, 0.2) is 0 Å². The zero-order valence-corrected chi connectivity index (χ0v) is 26.6. The lowest BCUT2D eigenvalue weighted by molar-refractivity contribution is 0.0275. The standard InChI is InChI=1S/C29H31BrN9O3P/c1-17-13-35-39(16-17)23-12-22(24(41-2)11-18(23)25-15-31-9-10-42-25)37-29-34-14-19(30)28(38-29)36-21-6-5-20-26(33-8-7-32-20)27(21)43(3,4)40/h5-8,11-14,16,25,31H,9-10,15H2,1-4H3,(H2,34,36,37,38). The van der Waals surface area contributed by atoms with Crippen LogP contribution in [0.4, 0.5) is 23.1 Å². The van der Waals surface area contributed by atoms with Crippen molar-refractivity contribution in [3.05, 3.63) is 70.8 Å². The number of halogens is 1. The summed E-state index contributed by atoms with van der Waals surface area (Å²) in [4.78, 5) is 18.1. The van der Waals surface area contributed by atoms with Crippen LogP contribution in [0.5, 0.6) is 5.75 Å². The van der Waals surface area contributed by atoms with Crippen LogP contribution >= 0.6 is 23.1 Å². The summed E-state index contributed by atoms with van der Waals surface area (Å²) >= 11 is 3.56. The fourth-order valence-corrected chi connectivity index (χ4v) is 6.73.